The van der Waals surface area contributed by atoms with Gasteiger partial charge in [-0.25, -0.2) is 4.98 Å². The van der Waals surface area contributed by atoms with Crippen molar-refractivity contribution in [2.75, 3.05) is 50.6 Å². The van der Waals surface area contributed by atoms with Crippen LogP contribution in [0.5, 0.6) is 0 Å². The topological polar surface area (TPSA) is 101 Å². The molecular weight excluding hydrogens is 280 g/mol. The SMILES string of the molecule is CCCN(C)c1nc(N)c(C(=O)NCCOCCO)s1. The van der Waals surface area contributed by atoms with E-state index in [0.29, 0.717) is 18.0 Å². The summed E-state index contributed by atoms with van der Waals surface area (Å²) in [5.74, 6) is 0.00507. The number of hydrogen-bond acceptors (Lipinski definition) is 7. The van der Waals surface area contributed by atoms with Gasteiger partial charge in [0.2, 0.25) is 0 Å². The molecule has 1 heterocycles. The van der Waals surface area contributed by atoms with Gasteiger partial charge in [0, 0.05) is 20.1 Å². The number of rotatable bonds is 9. The van der Waals surface area contributed by atoms with E-state index >= 15 is 0 Å². The second-order valence-electron chi connectivity index (χ2n) is 4.22. The second-order valence-corrected chi connectivity index (χ2v) is 5.20. The lowest BCUT2D eigenvalue weighted by atomic mass is 10.4. The molecule has 0 spiro atoms. The van der Waals surface area contributed by atoms with Gasteiger partial charge in [-0.1, -0.05) is 18.3 Å². The highest BCUT2D eigenvalue weighted by atomic mass is 32.1. The van der Waals surface area contributed by atoms with Gasteiger partial charge in [-0.05, 0) is 6.42 Å². The summed E-state index contributed by atoms with van der Waals surface area (Å²) in [6.45, 7) is 3.91. The van der Waals surface area contributed by atoms with Gasteiger partial charge in [0.05, 0.1) is 19.8 Å². The van der Waals surface area contributed by atoms with Crippen LogP contribution in [0.25, 0.3) is 0 Å². The number of carbonyl (C=O) groups is 1. The molecule has 0 saturated heterocycles. The van der Waals surface area contributed by atoms with Crippen LogP contribution < -0.4 is 16.0 Å². The molecular formula is C12H22N4O3S. The molecule has 114 valence electrons. The number of ether oxygens (including phenoxy) is 1. The Hall–Kier alpha value is -1.38. The number of aromatic nitrogens is 1. The van der Waals surface area contributed by atoms with Crippen molar-refractivity contribution in [1.82, 2.24) is 10.3 Å². The van der Waals surface area contributed by atoms with Crippen LogP contribution in [0.4, 0.5) is 10.9 Å². The van der Waals surface area contributed by atoms with Crippen molar-refractivity contribution in [2.24, 2.45) is 0 Å². The first-order chi connectivity index (χ1) is 9.60. The van der Waals surface area contributed by atoms with E-state index in [-0.39, 0.29) is 24.9 Å². The van der Waals surface area contributed by atoms with Crippen molar-refractivity contribution in [3.8, 4) is 0 Å². The highest BCUT2D eigenvalue weighted by molar-refractivity contribution is 7.18. The van der Waals surface area contributed by atoms with Crippen molar-refractivity contribution < 1.29 is 14.6 Å². The molecule has 0 unspecified atom stereocenters. The number of thiazole rings is 1. The monoisotopic (exact) mass is 302 g/mol. The standard InChI is InChI=1S/C12H22N4O3S/c1-3-5-16(2)12-15-10(13)9(20-12)11(18)14-4-7-19-8-6-17/h17H,3-8,13H2,1-2H3,(H,14,18). The van der Waals surface area contributed by atoms with E-state index in [9.17, 15) is 4.79 Å². The number of nitrogens with zero attached hydrogens (tertiary/aromatic N) is 2. The van der Waals surface area contributed by atoms with Crippen molar-refractivity contribution >= 4 is 28.2 Å². The second kappa shape index (κ2) is 8.72. The maximum Gasteiger partial charge on any atom is 0.265 e. The molecule has 0 aliphatic carbocycles. The van der Waals surface area contributed by atoms with Gasteiger partial charge in [-0.2, -0.15) is 0 Å². The van der Waals surface area contributed by atoms with Gasteiger partial charge in [0.25, 0.3) is 5.91 Å². The van der Waals surface area contributed by atoms with E-state index < -0.39 is 0 Å². The summed E-state index contributed by atoms with van der Waals surface area (Å²) in [7, 11) is 1.92. The van der Waals surface area contributed by atoms with Crippen LogP contribution in [0.1, 0.15) is 23.0 Å². The molecule has 1 amide bonds. The third-order valence-electron chi connectivity index (χ3n) is 2.50. The number of aliphatic hydroxyl groups is 1. The predicted molar refractivity (Wildman–Crippen MR) is 80.3 cm³/mol. The average molecular weight is 302 g/mol. The summed E-state index contributed by atoms with van der Waals surface area (Å²) >= 11 is 1.28. The molecule has 8 heteroatoms. The molecule has 0 bridgehead atoms. The number of anilines is 2. The van der Waals surface area contributed by atoms with E-state index in [1.807, 2.05) is 11.9 Å². The van der Waals surface area contributed by atoms with Crippen LogP contribution in [-0.2, 0) is 4.74 Å². The molecule has 1 rings (SSSR count). The van der Waals surface area contributed by atoms with Crippen LogP contribution in [0.2, 0.25) is 0 Å². The Morgan fingerprint density at radius 2 is 2.30 bits per heavy atom. The smallest absolute Gasteiger partial charge is 0.265 e. The minimum Gasteiger partial charge on any atom is -0.394 e. The molecule has 0 radical (unpaired) electrons. The average Bonchev–Trinajstić information content (AvgIpc) is 2.81. The molecule has 0 atom stereocenters. The molecule has 0 fully saturated rings. The summed E-state index contributed by atoms with van der Waals surface area (Å²) in [4.78, 5) is 18.5. The van der Waals surface area contributed by atoms with Crippen molar-refractivity contribution in [3.63, 3.8) is 0 Å². The Kier molecular flexibility index (Phi) is 7.27. The normalized spacial score (nSPS) is 10.6. The van der Waals surface area contributed by atoms with E-state index in [4.69, 9.17) is 15.6 Å². The molecule has 20 heavy (non-hydrogen) atoms. The summed E-state index contributed by atoms with van der Waals surface area (Å²) in [6, 6.07) is 0. The zero-order valence-electron chi connectivity index (χ0n) is 11.9. The maximum atomic E-state index is 11.9. The first-order valence-corrected chi connectivity index (χ1v) is 7.36. The number of aliphatic hydroxyl groups excluding tert-OH is 1. The van der Waals surface area contributed by atoms with Crippen molar-refractivity contribution in [1.29, 1.82) is 0 Å². The van der Waals surface area contributed by atoms with E-state index in [0.717, 1.165) is 18.1 Å². The molecule has 1 aromatic rings. The van der Waals surface area contributed by atoms with Gasteiger partial charge in [0.1, 0.15) is 10.7 Å². The lowest BCUT2D eigenvalue weighted by molar-refractivity contribution is 0.0841. The van der Waals surface area contributed by atoms with E-state index in [2.05, 4.69) is 17.2 Å². The quantitative estimate of drug-likeness (QED) is 0.568. The fourth-order valence-corrected chi connectivity index (χ4v) is 2.45. The largest absolute Gasteiger partial charge is 0.394 e. The lowest BCUT2D eigenvalue weighted by Gasteiger charge is -2.13. The number of amides is 1. The first kappa shape index (κ1) is 16.7. The Morgan fingerprint density at radius 3 is 2.95 bits per heavy atom. The Bertz CT molecular complexity index is 425. The zero-order chi connectivity index (χ0) is 15.0. The molecule has 0 aliphatic rings. The predicted octanol–water partition coefficient (Wildman–Crippen LogP) is 0.310. The van der Waals surface area contributed by atoms with Crippen LogP contribution in [0.15, 0.2) is 0 Å². The molecule has 4 N–H and O–H groups in total. The minimum atomic E-state index is -0.247. The zero-order valence-corrected chi connectivity index (χ0v) is 12.7. The van der Waals surface area contributed by atoms with Crippen molar-refractivity contribution in [3.05, 3.63) is 4.88 Å². The highest BCUT2D eigenvalue weighted by Gasteiger charge is 2.17. The lowest BCUT2D eigenvalue weighted by Crippen LogP contribution is -2.27. The number of nitrogens with two attached hydrogens (primary N) is 1. The fourth-order valence-electron chi connectivity index (χ4n) is 1.56. The molecule has 0 saturated carbocycles. The molecule has 0 aromatic carbocycles. The first-order valence-electron chi connectivity index (χ1n) is 6.54. The third kappa shape index (κ3) is 4.95. The minimum absolute atomic E-state index is 0.0249. The van der Waals surface area contributed by atoms with Gasteiger partial charge >= 0.3 is 0 Å². The fraction of sp³-hybridized carbons (Fsp3) is 0.667. The number of nitrogens with one attached hydrogen (secondary N) is 1. The van der Waals surface area contributed by atoms with Gasteiger partial charge in [-0.3, -0.25) is 4.79 Å². The number of nitrogen functional groups attached to an aromatic ring is 1. The highest BCUT2D eigenvalue weighted by Crippen LogP contribution is 2.27. The van der Waals surface area contributed by atoms with Crippen molar-refractivity contribution in [2.45, 2.75) is 13.3 Å². The molecule has 1 aromatic heterocycles. The van der Waals surface area contributed by atoms with Gasteiger partial charge in [-0.15, -0.1) is 0 Å². The van der Waals surface area contributed by atoms with E-state index in [1.54, 1.807) is 0 Å². The molecule has 7 nitrogen and oxygen atoms in total. The van der Waals surface area contributed by atoms with E-state index in [1.165, 1.54) is 11.3 Å². The Labute approximate surface area is 122 Å². The maximum absolute atomic E-state index is 11.9. The van der Waals surface area contributed by atoms with Crippen LogP contribution in [-0.4, -0.2) is 56.0 Å². The summed E-state index contributed by atoms with van der Waals surface area (Å²) in [5.41, 5.74) is 5.78. The molecule has 0 aliphatic heterocycles. The number of carbonyl (C=O) groups excluding carboxylic acids is 1. The van der Waals surface area contributed by atoms with Crippen LogP contribution in [0.3, 0.4) is 0 Å². The van der Waals surface area contributed by atoms with Crippen LogP contribution >= 0.6 is 11.3 Å². The van der Waals surface area contributed by atoms with Gasteiger partial charge in [0.15, 0.2) is 5.13 Å². The number of hydrogen-bond donors (Lipinski definition) is 3. The Balaban J connectivity index is 2.51. The van der Waals surface area contributed by atoms with Crippen LogP contribution in [0, 0.1) is 0 Å². The Morgan fingerprint density at radius 1 is 1.55 bits per heavy atom. The summed E-state index contributed by atoms with van der Waals surface area (Å²) in [6.07, 6.45) is 1.000. The summed E-state index contributed by atoms with van der Waals surface area (Å²) < 4.78 is 5.06. The third-order valence-corrected chi connectivity index (χ3v) is 3.69. The summed E-state index contributed by atoms with van der Waals surface area (Å²) in [5, 5.41) is 12.0. The van der Waals surface area contributed by atoms with Gasteiger partial charge < -0.3 is 25.8 Å².